The van der Waals surface area contributed by atoms with Crippen LogP contribution in [0.15, 0.2) is 18.2 Å². The summed E-state index contributed by atoms with van der Waals surface area (Å²) in [4.78, 5) is 4.36. The van der Waals surface area contributed by atoms with E-state index in [0.29, 0.717) is 23.6 Å². The van der Waals surface area contributed by atoms with Gasteiger partial charge >= 0.3 is 0 Å². The number of benzene rings is 1. The van der Waals surface area contributed by atoms with Crippen LogP contribution in [0.5, 0.6) is 0 Å². The summed E-state index contributed by atoms with van der Waals surface area (Å²) in [6.07, 6.45) is 0.718. The Morgan fingerprint density at radius 3 is 2.22 bits per heavy atom. The second-order valence-electron chi connectivity index (χ2n) is 4.02. The van der Waals surface area contributed by atoms with Crippen LogP contribution in [0.3, 0.4) is 0 Å². The van der Waals surface area contributed by atoms with E-state index in [4.69, 9.17) is 5.73 Å². The second-order valence-corrected chi connectivity index (χ2v) is 4.02. The van der Waals surface area contributed by atoms with Crippen molar-refractivity contribution in [3.63, 3.8) is 0 Å². The number of nitrogen functional groups attached to an aromatic ring is 1. The second kappa shape index (κ2) is 4.76. The Morgan fingerprint density at radius 1 is 1.17 bits per heavy atom. The predicted octanol–water partition coefficient (Wildman–Crippen LogP) is 2.99. The van der Waals surface area contributed by atoms with E-state index < -0.39 is 11.6 Å². The van der Waals surface area contributed by atoms with Gasteiger partial charge < -0.3 is 10.3 Å². The van der Waals surface area contributed by atoms with Crippen molar-refractivity contribution in [2.75, 3.05) is 5.73 Å². The summed E-state index contributed by atoms with van der Waals surface area (Å²) in [5.41, 5.74) is 6.78. The van der Waals surface area contributed by atoms with Gasteiger partial charge in [0.2, 0.25) is 0 Å². The molecule has 1 heterocycles. The number of imidazole rings is 1. The molecule has 0 saturated heterocycles. The van der Waals surface area contributed by atoms with Crippen molar-refractivity contribution in [3.05, 3.63) is 35.7 Å². The molecule has 0 atom stereocenters. The fourth-order valence-corrected chi connectivity index (χ4v) is 2.04. The number of hydrogen-bond acceptors (Lipinski definition) is 2. The SMILES string of the molecule is CCc1nc(-c2cc(F)cc(F)c2)c(N)n1CC. The summed E-state index contributed by atoms with van der Waals surface area (Å²) < 4.78 is 28.2. The van der Waals surface area contributed by atoms with Gasteiger partial charge in [-0.25, -0.2) is 13.8 Å². The smallest absolute Gasteiger partial charge is 0.131 e. The van der Waals surface area contributed by atoms with E-state index >= 15 is 0 Å². The molecule has 2 aromatic rings. The fraction of sp³-hybridized carbons (Fsp3) is 0.308. The van der Waals surface area contributed by atoms with Gasteiger partial charge in [0.05, 0.1) is 0 Å². The van der Waals surface area contributed by atoms with Crippen LogP contribution >= 0.6 is 0 Å². The first kappa shape index (κ1) is 12.5. The Balaban J connectivity index is 2.60. The van der Waals surface area contributed by atoms with Crippen molar-refractivity contribution in [3.8, 4) is 11.3 Å². The molecule has 0 saturated carbocycles. The Morgan fingerprint density at radius 2 is 1.78 bits per heavy atom. The number of halogens is 2. The molecule has 1 aromatic carbocycles. The molecule has 0 aliphatic heterocycles. The highest BCUT2D eigenvalue weighted by molar-refractivity contribution is 5.71. The van der Waals surface area contributed by atoms with Crippen LogP contribution in [0.2, 0.25) is 0 Å². The zero-order valence-corrected chi connectivity index (χ0v) is 10.4. The molecule has 96 valence electrons. The van der Waals surface area contributed by atoms with Gasteiger partial charge in [-0.05, 0) is 19.1 Å². The van der Waals surface area contributed by atoms with E-state index in [0.717, 1.165) is 18.3 Å². The van der Waals surface area contributed by atoms with Gasteiger partial charge in [0, 0.05) is 24.6 Å². The molecule has 2 rings (SSSR count). The minimum Gasteiger partial charge on any atom is -0.383 e. The summed E-state index contributed by atoms with van der Waals surface area (Å²) in [6, 6.07) is 3.31. The maximum atomic E-state index is 13.2. The molecule has 0 amide bonds. The van der Waals surface area contributed by atoms with Crippen molar-refractivity contribution in [2.45, 2.75) is 26.8 Å². The number of nitrogens with two attached hydrogens (primary N) is 1. The van der Waals surface area contributed by atoms with Gasteiger partial charge in [-0.1, -0.05) is 6.92 Å². The number of anilines is 1. The monoisotopic (exact) mass is 251 g/mol. The minimum atomic E-state index is -0.631. The highest BCUT2D eigenvalue weighted by atomic mass is 19.1. The van der Waals surface area contributed by atoms with E-state index in [9.17, 15) is 8.78 Å². The number of aromatic nitrogens is 2. The number of aryl methyl sites for hydroxylation is 1. The minimum absolute atomic E-state index is 0.368. The first-order valence-electron chi connectivity index (χ1n) is 5.88. The van der Waals surface area contributed by atoms with Gasteiger partial charge in [-0.15, -0.1) is 0 Å². The number of hydrogen-bond donors (Lipinski definition) is 1. The summed E-state index contributed by atoms with van der Waals surface area (Å²) in [6.45, 7) is 4.59. The average molecular weight is 251 g/mol. The van der Waals surface area contributed by atoms with E-state index in [-0.39, 0.29) is 0 Å². The van der Waals surface area contributed by atoms with Crippen LogP contribution in [-0.4, -0.2) is 9.55 Å². The van der Waals surface area contributed by atoms with Gasteiger partial charge in [-0.3, -0.25) is 0 Å². The molecule has 0 unspecified atom stereocenters. The molecule has 2 N–H and O–H groups in total. The summed E-state index contributed by atoms with van der Waals surface area (Å²) in [5.74, 6) is -0.00369. The van der Waals surface area contributed by atoms with Crippen LogP contribution in [-0.2, 0) is 13.0 Å². The summed E-state index contributed by atoms with van der Waals surface area (Å²) >= 11 is 0. The molecule has 0 aliphatic carbocycles. The predicted molar refractivity (Wildman–Crippen MR) is 67.0 cm³/mol. The Labute approximate surface area is 104 Å². The van der Waals surface area contributed by atoms with E-state index in [2.05, 4.69) is 4.98 Å². The maximum Gasteiger partial charge on any atom is 0.131 e. The standard InChI is InChI=1S/C13H15F2N3/c1-3-11-17-12(13(16)18(11)4-2)8-5-9(14)7-10(15)6-8/h5-7H,3-4,16H2,1-2H3. The summed E-state index contributed by atoms with van der Waals surface area (Å²) in [7, 11) is 0. The van der Waals surface area contributed by atoms with Gasteiger partial charge in [-0.2, -0.15) is 0 Å². The van der Waals surface area contributed by atoms with E-state index in [1.807, 2.05) is 18.4 Å². The van der Waals surface area contributed by atoms with Crippen molar-refractivity contribution in [1.82, 2.24) is 9.55 Å². The topological polar surface area (TPSA) is 43.8 Å². The Bertz CT molecular complexity index is 556. The van der Waals surface area contributed by atoms with Crippen molar-refractivity contribution >= 4 is 5.82 Å². The van der Waals surface area contributed by atoms with Crippen LogP contribution in [0, 0.1) is 11.6 Å². The molecule has 5 heteroatoms. The fourth-order valence-electron chi connectivity index (χ4n) is 2.04. The van der Waals surface area contributed by atoms with E-state index in [1.165, 1.54) is 12.1 Å². The largest absolute Gasteiger partial charge is 0.383 e. The lowest BCUT2D eigenvalue weighted by atomic mass is 10.1. The third-order valence-corrected chi connectivity index (χ3v) is 2.85. The van der Waals surface area contributed by atoms with Crippen molar-refractivity contribution < 1.29 is 8.78 Å². The zero-order valence-electron chi connectivity index (χ0n) is 10.4. The highest BCUT2D eigenvalue weighted by Gasteiger charge is 2.15. The van der Waals surface area contributed by atoms with Gasteiger partial charge in [0.1, 0.15) is 29.0 Å². The van der Waals surface area contributed by atoms with Crippen molar-refractivity contribution in [1.29, 1.82) is 0 Å². The maximum absolute atomic E-state index is 13.2. The lowest BCUT2D eigenvalue weighted by Crippen LogP contribution is -2.04. The molecule has 0 bridgehead atoms. The highest BCUT2D eigenvalue weighted by Crippen LogP contribution is 2.27. The molecule has 0 radical (unpaired) electrons. The molecule has 0 fully saturated rings. The Kier molecular flexibility index (Phi) is 3.32. The first-order chi connectivity index (χ1) is 8.56. The molecule has 3 nitrogen and oxygen atoms in total. The van der Waals surface area contributed by atoms with Crippen LogP contribution < -0.4 is 5.73 Å². The van der Waals surface area contributed by atoms with Crippen molar-refractivity contribution in [2.24, 2.45) is 0 Å². The molecule has 0 spiro atoms. The van der Waals surface area contributed by atoms with Gasteiger partial charge in [0.25, 0.3) is 0 Å². The van der Waals surface area contributed by atoms with Crippen LogP contribution in [0.4, 0.5) is 14.6 Å². The van der Waals surface area contributed by atoms with Crippen LogP contribution in [0.1, 0.15) is 19.7 Å². The number of nitrogens with zero attached hydrogens (tertiary/aromatic N) is 2. The Hall–Kier alpha value is -1.91. The third-order valence-electron chi connectivity index (χ3n) is 2.85. The normalized spacial score (nSPS) is 10.9. The van der Waals surface area contributed by atoms with Gasteiger partial charge in [0.15, 0.2) is 0 Å². The lowest BCUT2D eigenvalue weighted by Gasteiger charge is -2.04. The van der Waals surface area contributed by atoms with Crippen LogP contribution in [0.25, 0.3) is 11.3 Å². The lowest BCUT2D eigenvalue weighted by molar-refractivity contribution is 0.584. The summed E-state index contributed by atoms with van der Waals surface area (Å²) in [5, 5.41) is 0. The average Bonchev–Trinajstić information content (AvgIpc) is 2.64. The first-order valence-corrected chi connectivity index (χ1v) is 5.88. The number of rotatable bonds is 3. The van der Waals surface area contributed by atoms with E-state index in [1.54, 1.807) is 0 Å². The molecular weight excluding hydrogens is 236 g/mol. The third kappa shape index (κ3) is 2.08. The molecule has 1 aromatic heterocycles. The quantitative estimate of drug-likeness (QED) is 0.911. The molecule has 18 heavy (non-hydrogen) atoms. The zero-order chi connectivity index (χ0) is 13.3. The molecule has 0 aliphatic rings. The molecular formula is C13H15F2N3.